The second-order valence-electron chi connectivity index (χ2n) is 16.1. The Bertz CT molecular complexity index is 3470. The summed E-state index contributed by atoms with van der Waals surface area (Å²) in [5.41, 5.74) is 13.0. The van der Waals surface area contributed by atoms with Gasteiger partial charge in [0.05, 0.1) is 0 Å². The third-order valence-corrected chi connectivity index (χ3v) is 13.7. The van der Waals surface area contributed by atoms with Crippen LogP contribution < -0.4 is 4.90 Å². The fourth-order valence-corrected chi connectivity index (χ4v) is 10.6. The topological polar surface area (TPSA) is 3.24 Å². The number of anilines is 3. The van der Waals surface area contributed by atoms with E-state index < -0.39 is 0 Å². The molecule has 0 saturated heterocycles. The van der Waals surface area contributed by atoms with Crippen LogP contribution in [0.15, 0.2) is 237 Å². The largest absolute Gasteiger partial charge is 0.311 e. The molecule has 0 N–H and O–H groups in total. The molecule has 0 bridgehead atoms. The molecule has 12 aromatic rings. The van der Waals surface area contributed by atoms with Crippen LogP contribution in [0.2, 0.25) is 0 Å². The summed E-state index contributed by atoms with van der Waals surface area (Å²) in [7, 11) is 0. The van der Waals surface area contributed by atoms with Crippen molar-refractivity contribution >= 4 is 80.9 Å². The summed E-state index contributed by atoms with van der Waals surface area (Å²) in [6, 6.07) is 86.6. The molecule has 0 atom stereocenters. The zero-order chi connectivity index (χ0) is 41.0. The van der Waals surface area contributed by atoms with Crippen molar-refractivity contribution < 1.29 is 0 Å². The predicted molar refractivity (Wildman–Crippen MR) is 268 cm³/mol. The third-order valence-electron chi connectivity index (χ3n) is 12.5. The van der Waals surface area contributed by atoms with Crippen molar-refractivity contribution in [2.75, 3.05) is 4.90 Å². The fourth-order valence-electron chi connectivity index (χ4n) is 9.40. The molecule has 0 aliphatic rings. The molecule has 0 aliphatic heterocycles. The van der Waals surface area contributed by atoms with Crippen LogP contribution in [0.3, 0.4) is 0 Å². The highest BCUT2D eigenvalue weighted by Gasteiger charge is 2.18. The van der Waals surface area contributed by atoms with Gasteiger partial charge in [0.2, 0.25) is 0 Å². The molecule has 1 aromatic heterocycles. The average Bonchev–Trinajstić information content (AvgIpc) is 3.74. The number of nitrogens with zero attached hydrogens (tertiary/aromatic N) is 1. The third kappa shape index (κ3) is 6.24. The van der Waals surface area contributed by atoms with E-state index in [0.29, 0.717) is 0 Å². The van der Waals surface area contributed by atoms with Gasteiger partial charge in [0.1, 0.15) is 0 Å². The summed E-state index contributed by atoms with van der Waals surface area (Å²) in [5, 5.41) is 10.3. The second-order valence-corrected chi connectivity index (χ2v) is 17.1. The predicted octanol–water partition coefficient (Wildman–Crippen LogP) is 17.7. The lowest BCUT2D eigenvalue weighted by Crippen LogP contribution is -2.09. The fraction of sp³-hybridized carbons (Fsp3) is 0. The Balaban J connectivity index is 0.986. The first-order chi connectivity index (χ1) is 30.7. The Labute approximate surface area is 365 Å². The van der Waals surface area contributed by atoms with Crippen LogP contribution in [0, 0.1) is 0 Å². The van der Waals surface area contributed by atoms with E-state index in [1.54, 1.807) is 0 Å². The molecule has 0 aliphatic carbocycles. The lowest BCUT2D eigenvalue weighted by atomic mass is 9.91. The second kappa shape index (κ2) is 15.0. The molecule has 290 valence electrons. The molecule has 0 radical (unpaired) electrons. The van der Waals surface area contributed by atoms with Crippen LogP contribution in [-0.4, -0.2) is 0 Å². The molecule has 2 heteroatoms. The Morgan fingerprint density at radius 3 is 1.13 bits per heavy atom. The van der Waals surface area contributed by atoms with Gasteiger partial charge < -0.3 is 4.90 Å². The maximum atomic E-state index is 2.43. The molecule has 11 aromatic carbocycles. The molecule has 0 saturated carbocycles. The molecule has 0 spiro atoms. The lowest BCUT2D eigenvalue weighted by molar-refractivity contribution is 1.28. The quantitative estimate of drug-likeness (QED) is 0.145. The van der Waals surface area contributed by atoms with Crippen molar-refractivity contribution in [3.8, 4) is 44.5 Å². The molecule has 1 nitrogen and oxygen atoms in total. The van der Waals surface area contributed by atoms with Gasteiger partial charge in [-0.1, -0.05) is 176 Å². The van der Waals surface area contributed by atoms with Crippen LogP contribution in [-0.2, 0) is 0 Å². The van der Waals surface area contributed by atoms with Gasteiger partial charge in [-0.3, -0.25) is 0 Å². The molecule has 0 unspecified atom stereocenters. The van der Waals surface area contributed by atoms with Crippen molar-refractivity contribution in [2.24, 2.45) is 0 Å². The van der Waals surface area contributed by atoms with Gasteiger partial charge in [0.15, 0.2) is 0 Å². The van der Waals surface area contributed by atoms with E-state index in [1.807, 2.05) is 11.3 Å². The van der Waals surface area contributed by atoms with E-state index in [4.69, 9.17) is 0 Å². The highest BCUT2D eigenvalue weighted by molar-refractivity contribution is 7.26. The Morgan fingerprint density at radius 2 is 0.613 bits per heavy atom. The van der Waals surface area contributed by atoms with Crippen LogP contribution in [0.25, 0.3) is 97.0 Å². The maximum Gasteiger partial charge on any atom is 0.0462 e. The first-order valence-electron chi connectivity index (χ1n) is 21.2. The zero-order valence-electron chi connectivity index (χ0n) is 33.9. The normalized spacial score (nSPS) is 11.5. The van der Waals surface area contributed by atoms with E-state index >= 15 is 0 Å². The van der Waals surface area contributed by atoms with Gasteiger partial charge in [0.25, 0.3) is 0 Å². The summed E-state index contributed by atoms with van der Waals surface area (Å²) in [6.07, 6.45) is 0. The van der Waals surface area contributed by atoms with Gasteiger partial charge in [-0.15, -0.1) is 11.3 Å². The smallest absolute Gasteiger partial charge is 0.0462 e. The first-order valence-corrected chi connectivity index (χ1v) is 22.1. The molecule has 12 rings (SSSR count). The highest BCUT2D eigenvalue weighted by Crippen LogP contribution is 2.45. The number of thiophene rings is 1. The molecule has 62 heavy (non-hydrogen) atoms. The standard InChI is InChI=1S/C60H39NS/c1-3-13-40(14-4-1)42-23-30-47(31-24-42)61(48-32-25-43(26-33-48)41-15-5-2-6-16-41)49-34-27-44(28-35-49)46-38-56(60-58(39-46)55-21-11-12-22-59(55)62-60)45-29-36-54-52-19-8-7-17-50(52)51-18-9-10-20-53(51)57(54)37-45/h1-39H. The summed E-state index contributed by atoms with van der Waals surface area (Å²) in [6.45, 7) is 0. The summed E-state index contributed by atoms with van der Waals surface area (Å²) < 4.78 is 2.63. The molecule has 1 heterocycles. The van der Waals surface area contributed by atoms with Crippen LogP contribution in [0.1, 0.15) is 0 Å². The highest BCUT2D eigenvalue weighted by atomic mass is 32.1. The van der Waals surface area contributed by atoms with E-state index in [0.717, 1.165) is 17.1 Å². The SMILES string of the molecule is c1ccc(-c2ccc(N(c3ccc(-c4ccccc4)cc3)c3ccc(-c4cc(-c5ccc6c7ccccc7c7ccccc7c6c5)c5sc6ccccc6c5c4)cc3)cc2)cc1. The minimum atomic E-state index is 1.10. The average molecular weight is 806 g/mol. The summed E-state index contributed by atoms with van der Waals surface area (Å²) >= 11 is 1.89. The number of hydrogen-bond acceptors (Lipinski definition) is 2. The molecular formula is C60H39NS. The Kier molecular flexibility index (Phi) is 8.76. The lowest BCUT2D eigenvalue weighted by Gasteiger charge is -2.26. The van der Waals surface area contributed by atoms with Gasteiger partial charge >= 0.3 is 0 Å². The van der Waals surface area contributed by atoms with Crippen molar-refractivity contribution in [1.82, 2.24) is 0 Å². The molecule has 0 fully saturated rings. The number of benzene rings is 11. The first kappa shape index (κ1) is 36.1. The van der Waals surface area contributed by atoms with E-state index in [1.165, 1.54) is 97.0 Å². The van der Waals surface area contributed by atoms with Crippen LogP contribution in [0.4, 0.5) is 17.1 Å². The summed E-state index contributed by atoms with van der Waals surface area (Å²) in [5.74, 6) is 0. The maximum absolute atomic E-state index is 2.43. The zero-order valence-corrected chi connectivity index (χ0v) is 34.7. The van der Waals surface area contributed by atoms with Gasteiger partial charge in [-0.2, -0.15) is 0 Å². The van der Waals surface area contributed by atoms with E-state index in [9.17, 15) is 0 Å². The van der Waals surface area contributed by atoms with Crippen molar-refractivity contribution in [3.05, 3.63) is 237 Å². The molecule has 0 amide bonds. The van der Waals surface area contributed by atoms with Crippen LogP contribution >= 0.6 is 11.3 Å². The Hall–Kier alpha value is -7.78. The van der Waals surface area contributed by atoms with Crippen molar-refractivity contribution in [3.63, 3.8) is 0 Å². The van der Waals surface area contributed by atoms with Gasteiger partial charge in [0, 0.05) is 42.8 Å². The summed E-state index contributed by atoms with van der Waals surface area (Å²) in [4.78, 5) is 2.36. The van der Waals surface area contributed by atoms with Gasteiger partial charge in [-0.25, -0.2) is 0 Å². The Morgan fingerprint density at radius 1 is 0.242 bits per heavy atom. The monoisotopic (exact) mass is 805 g/mol. The van der Waals surface area contributed by atoms with Crippen molar-refractivity contribution in [1.29, 1.82) is 0 Å². The number of hydrogen-bond donors (Lipinski definition) is 0. The van der Waals surface area contributed by atoms with Crippen LogP contribution in [0.5, 0.6) is 0 Å². The van der Waals surface area contributed by atoms with E-state index in [2.05, 4.69) is 241 Å². The van der Waals surface area contributed by atoms with Gasteiger partial charge in [-0.05, 0) is 132 Å². The number of fused-ring (bicyclic) bond motifs is 9. The minimum Gasteiger partial charge on any atom is -0.311 e. The number of rotatable bonds is 7. The van der Waals surface area contributed by atoms with Crippen molar-refractivity contribution in [2.45, 2.75) is 0 Å². The molecular weight excluding hydrogens is 767 g/mol. The van der Waals surface area contributed by atoms with E-state index in [-0.39, 0.29) is 0 Å². The minimum absolute atomic E-state index is 1.10.